The maximum atomic E-state index is 11.7. The molecule has 2 rings (SSSR count). The lowest BCUT2D eigenvalue weighted by atomic mass is 10.1. The van der Waals surface area contributed by atoms with Crippen LogP contribution in [0.2, 0.25) is 0 Å². The van der Waals surface area contributed by atoms with Crippen LogP contribution >= 0.6 is 11.3 Å². The van der Waals surface area contributed by atoms with Crippen LogP contribution in [0.25, 0.3) is 0 Å². The first-order valence-electron chi connectivity index (χ1n) is 8.29. The molecule has 1 heterocycles. The Hall–Kier alpha value is -2.41. The van der Waals surface area contributed by atoms with Gasteiger partial charge in [0.15, 0.2) is 5.96 Å². The van der Waals surface area contributed by atoms with Crippen molar-refractivity contribution in [2.24, 2.45) is 4.99 Å². The number of aryl methyl sites for hydroxylation is 1. The van der Waals surface area contributed by atoms with Crippen molar-refractivity contribution in [1.29, 1.82) is 0 Å². The molecule has 25 heavy (non-hydrogen) atoms. The number of carbonyl (C=O) groups is 1. The average Bonchev–Trinajstić information content (AvgIpc) is 3.05. The van der Waals surface area contributed by atoms with Gasteiger partial charge in [-0.1, -0.05) is 12.1 Å². The number of hydrogen-bond donors (Lipinski definition) is 3. The monoisotopic (exact) mass is 359 g/mol. The van der Waals surface area contributed by atoms with Crippen LogP contribution in [-0.4, -0.2) is 44.0 Å². The number of rotatable bonds is 7. The number of benzene rings is 1. The van der Waals surface area contributed by atoms with E-state index in [0.29, 0.717) is 5.56 Å². The van der Waals surface area contributed by atoms with E-state index in [1.165, 1.54) is 4.88 Å². The molecule has 1 amide bonds. The number of carbonyl (C=O) groups excluding carboxylic acids is 1. The largest absolute Gasteiger partial charge is 0.356 e. The minimum absolute atomic E-state index is 0.0651. The van der Waals surface area contributed by atoms with Gasteiger partial charge in [0.1, 0.15) is 0 Å². The molecule has 0 saturated carbocycles. The predicted molar refractivity (Wildman–Crippen MR) is 103 cm³/mol. The Bertz CT molecular complexity index is 726. The van der Waals surface area contributed by atoms with Crippen molar-refractivity contribution in [3.63, 3.8) is 0 Å². The zero-order valence-corrected chi connectivity index (χ0v) is 15.7. The average molecular weight is 359 g/mol. The fourth-order valence-electron chi connectivity index (χ4n) is 2.36. The second-order valence-corrected chi connectivity index (χ2v) is 6.89. The molecule has 0 fully saturated rings. The highest BCUT2D eigenvalue weighted by atomic mass is 32.1. The van der Waals surface area contributed by atoms with Crippen LogP contribution in [0.1, 0.15) is 25.8 Å². The van der Waals surface area contributed by atoms with Gasteiger partial charge in [0.2, 0.25) is 0 Å². The first-order chi connectivity index (χ1) is 12.1. The van der Waals surface area contributed by atoms with Gasteiger partial charge in [-0.25, -0.2) is 4.98 Å². The standard InChI is InChI=1S/C18H25N5OS/c1-13-12-23-16(25-13)8-10-22-18(20-3)21-9-7-14-5-4-6-15(11-14)17(24)19-2/h4-6,11-12H,7-10H2,1-3H3,(H,19,24)(H2,20,21,22). The molecule has 0 saturated heterocycles. The van der Waals surface area contributed by atoms with E-state index in [9.17, 15) is 4.79 Å². The van der Waals surface area contributed by atoms with E-state index in [0.717, 1.165) is 42.5 Å². The predicted octanol–water partition coefficient (Wildman–Crippen LogP) is 1.76. The van der Waals surface area contributed by atoms with Crippen LogP contribution in [0.4, 0.5) is 0 Å². The smallest absolute Gasteiger partial charge is 0.251 e. The molecule has 0 aliphatic heterocycles. The third kappa shape index (κ3) is 6.19. The number of nitrogens with one attached hydrogen (secondary N) is 3. The molecule has 3 N–H and O–H groups in total. The summed E-state index contributed by atoms with van der Waals surface area (Å²) in [6.07, 6.45) is 3.60. The Morgan fingerprint density at radius 3 is 2.64 bits per heavy atom. The van der Waals surface area contributed by atoms with Crippen molar-refractivity contribution in [1.82, 2.24) is 20.9 Å². The molecule has 134 valence electrons. The quantitative estimate of drug-likeness (QED) is 0.520. The fraction of sp³-hybridized carbons (Fsp3) is 0.389. The van der Waals surface area contributed by atoms with Crippen LogP contribution in [0, 0.1) is 6.92 Å². The summed E-state index contributed by atoms with van der Waals surface area (Å²) < 4.78 is 0. The van der Waals surface area contributed by atoms with Gasteiger partial charge in [-0.3, -0.25) is 9.79 Å². The lowest BCUT2D eigenvalue weighted by Crippen LogP contribution is -2.39. The molecule has 0 aliphatic rings. The molecule has 0 spiro atoms. The second kappa shape index (κ2) is 9.78. The minimum Gasteiger partial charge on any atom is -0.356 e. The van der Waals surface area contributed by atoms with Gasteiger partial charge in [-0.2, -0.15) is 0 Å². The number of guanidine groups is 1. The topological polar surface area (TPSA) is 78.4 Å². The zero-order chi connectivity index (χ0) is 18.1. The summed E-state index contributed by atoms with van der Waals surface area (Å²) in [5.41, 5.74) is 1.79. The van der Waals surface area contributed by atoms with E-state index in [-0.39, 0.29) is 5.91 Å². The van der Waals surface area contributed by atoms with Crippen molar-refractivity contribution in [2.75, 3.05) is 27.2 Å². The number of aliphatic imine (C=N–C) groups is 1. The Labute approximate surface area is 152 Å². The van der Waals surface area contributed by atoms with Crippen molar-refractivity contribution < 1.29 is 4.79 Å². The summed E-state index contributed by atoms with van der Waals surface area (Å²) in [7, 11) is 3.40. The molecular formula is C18H25N5OS. The molecule has 0 atom stereocenters. The molecule has 0 unspecified atom stereocenters. The number of aromatic nitrogens is 1. The number of hydrogen-bond acceptors (Lipinski definition) is 4. The molecule has 2 aromatic rings. The van der Waals surface area contributed by atoms with E-state index < -0.39 is 0 Å². The first-order valence-corrected chi connectivity index (χ1v) is 9.11. The molecule has 1 aromatic heterocycles. The van der Waals surface area contributed by atoms with Gasteiger partial charge < -0.3 is 16.0 Å². The SMILES string of the molecule is CN=C(NCCc1cccc(C(=O)NC)c1)NCCc1ncc(C)s1. The van der Waals surface area contributed by atoms with Crippen LogP contribution < -0.4 is 16.0 Å². The van der Waals surface area contributed by atoms with E-state index in [1.54, 1.807) is 25.4 Å². The van der Waals surface area contributed by atoms with Gasteiger partial charge in [0, 0.05) is 50.2 Å². The van der Waals surface area contributed by atoms with E-state index >= 15 is 0 Å². The lowest BCUT2D eigenvalue weighted by Gasteiger charge is -2.11. The number of amides is 1. The van der Waals surface area contributed by atoms with Crippen molar-refractivity contribution in [2.45, 2.75) is 19.8 Å². The molecule has 6 nitrogen and oxygen atoms in total. The number of nitrogens with zero attached hydrogens (tertiary/aromatic N) is 2. The van der Waals surface area contributed by atoms with Crippen molar-refractivity contribution in [3.05, 3.63) is 51.5 Å². The molecule has 0 aliphatic carbocycles. The highest BCUT2D eigenvalue weighted by Gasteiger charge is 2.04. The summed E-state index contributed by atoms with van der Waals surface area (Å²) in [5, 5.41) is 10.4. The number of thiazole rings is 1. The van der Waals surface area contributed by atoms with Crippen LogP contribution in [0.15, 0.2) is 35.5 Å². The Morgan fingerprint density at radius 1 is 1.24 bits per heavy atom. The van der Waals surface area contributed by atoms with E-state index in [4.69, 9.17) is 0 Å². The third-order valence-corrected chi connectivity index (χ3v) is 4.62. The molecule has 0 bridgehead atoms. The zero-order valence-electron chi connectivity index (χ0n) is 14.9. The van der Waals surface area contributed by atoms with E-state index in [2.05, 4.69) is 32.9 Å². The summed E-state index contributed by atoms with van der Waals surface area (Å²) >= 11 is 1.72. The first kappa shape index (κ1) is 18.9. The summed E-state index contributed by atoms with van der Waals surface area (Å²) in [5.74, 6) is 0.709. The minimum atomic E-state index is -0.0651. The van der Waals surface area contributed by atoms with Gasteiger partial charge in [-0.15, -0.1) is 11.3 Å². The van der Waals surface area contributed by atoms with Crippen molar-refractivity contribution in [3.8, 4) is 0 Å². The van der Waals surface area contributed by atoms with Crippen molar-refractivity contribution >= 4 is 23.2 Å². The highest BCUT2D eigenvalue weighted by molar-refractivity contribution is 7.11. The van der Waals surface area contributed by atoms with Crippen LogP contribution in [-0.2, 0) is 12.8 Å². The lowest BCUT2D eigenvalue weighted by molar-refractivity contribution is 0.0963. The maximum Gasteiger partial charge on any atom is 0.251 e. The molecule has 0 radical (unpaired) electrons. The molecule has 7 heteroatoms. The third-order valence-electron chi connectivity index (χ3n) is 3.65. The summed E-state index contributed by atoms with van der Waals surface area (Å²) in [6.45, 7) is 3.60. The van der Waals surface area contributed by atoms with Gasteiger partial charge >= 0.3 is 0 Å². The second-order valence-electron chi connectivity index (χ2n) is 5.57. The van der Waals surface area contributed by atoms with Gasteiger partial charge in [0.05, 0.1) is 5.01 Å². The van der Waals surface area contributed by atoms with Crippen LogP contribution in [0.3, 0.4) is 0 Å². The fourth-order valence-corrected chi connectivity index (χ4v) is 3.15. The molecule has 1 aromatic carbocycles. The van der Waals surface area contributed by atoms with Crippen LogP contribution in [0.5, 0.6) is 0 Å². The Kier molecular flexibility index (Phi) is 7.40. The Balaban J connectivity index is 1.74. The van der Waals surface area contributed by atoms with Gasteiger partial charge in [0.25, 0.3) is 5.91 Å². The summed E-state index contributed by atoms with van der Waals surface area (Å²) in [4.78, 5) is 21.5. The maximum absolute atomic E-state index is 11.7. The molecular weight excluding hydrogens is 334 g/mol. The Morgan fingerprint density at radius 2 is 2.00 bits per heavy atom. The van der Waals surface area contributed by atoms with E-state index in [1.807, 2.05) is 30.5 Å². The summed E-state index contributed by atoms with van der Waals surface area (Å²) in [6, 6.07) is 7.66. The van der Waals surface area contributed by atoms with Gasteiger partial charge in [-0.05, 0) is 31.0 Å². The normalized spacial score (nSPS) is 11.2. The highest BCUT2D eigenvalue weighted by Crippen LogP contribution is 2.10.